The van der Waals surface area contributed by atoms with Gasteiger partial charge in [0.25, 0.3) is 0 Å². The number of hydrogen-bond acceptors (Lipinski definition) is 7. The number of anilines is 2. The molecule has 0 spiro atoms. The number of hydrogen-bond donors (Lipinski definition) is 2. The van der Waals surface area contributed by atoms with Crippen LogP contribution in [-0.2, 0) is 0 Å². The number of aromatic nitrogens is 2. The van der Waals surface area contributed by atoms with Gasteiger partial charge in [-0.1, -0.05) is 0 Å². The van der Waals surface area contributed by atoms with E-state index in [9.17, 15) is 0 Å². The van der Waals surface area contributed by atoms with Crippen molar-refractivity contribution in [2.45, 2.75) is 0 Å². The third-order valence-corrected chi connectivity index (χ3v) is 3.14. The van der Waals surface area contributed by atoms with Crippen LogP contribution in [0, 0.1) is 16.7 Å². The summed E-state index contributed by atoms with van der Waals surface area (Å²) in [4.78, 5) is 12.8. The van der Waals surface area contributed by atoms with E-state index < -0.39 is 0 Å². The van der Waals surface area contributed by atoms with Crippen molar-refractivity contribution in [3.63, 3.8) is 0 Å². The van der Waals surface area contributed by atoms with Crippen molar-refractivity contribution >= 4 is 17.9 Å². The normalized spacial score (nSPS) is 15.9. The van der Waals surface area contributed by atoms with E-state index in [1.54, 1.807) is 0 Å². The maximum atomic E-state index is 8.61. The number of nitrogens with one attached hydrogen (secondary N) is 2. The van der Waals surface area contributed by atoms with Crippen LogP contribution in [0.4, 0.5) is 11.6 Å². The molecule has 1 aromatic heterocycles. The van der Waals surface area contributed by atoms with Gasteiger partial charge < -0.3 is 20.5 Å². The van der Waals surface area contributed by atoms with Crippen molar-refractivity contribution in [1.29, 1.82) is 10.7 Å². The zero-order valence-electron chi connectivity index (χ0n) is 10.9. The maximum absolute atomic E-state index is 8.61. The molecule has 19 heavy (non-hydrogen) atoms. The van der Waals surface area contributed by atoms with Crippen molar-refractivity contribution in [3.8, 4) is 6.07 Å². The molecule has 1 fully saturated rings. The Morgan fingerprint density at radius 2 is 2.16 bits per heavy atom. The summed E-state index contributed by atoms with van der Waals surface area (Å²) in [7, 11) is 2.09. The molecule has 2 heterocycles. The molecule has 0 bridgehead atoms. The molecule has 7 heteroatoms. The lowest BCUT2D eigenvalue weighted by Gasteiger charge is -2.34. The summed E-state index contributed by atoms with van der Waals surface area (Å²) in [5.41, 5.74) is 0.641. The summed E-state index contributed by atoms with van der Waals surface area (Å²) in [6.07, 6.45) is 2.72. The predicted octanol–water partition coefficient (Wildman–Crippen LogP) is 0.162. The summed E-state index contributed by atoms with van der Waals surface area (Å²) < 4.78 is 0. The number of rotatable bonds is 4. The lowest BCUT2D eigenvalue weighted by atomic mass is 10.2. The molecule has 1 aliphatic heterocycles. The van der Waals surface area contributed by atoms with Gasteiger partial charge in [-0.2, -0.15) is 5.26 Å². The molecule has 0 radical (unpaired) electrons. The van der Waals surface area contributed by atoms with Gasteiger partial charge in [-0.05, 0) is 7.05 Å². The molecule has 0 aliphatic carbocycles. The van der Waals surface area contributed by atoms with E-state index in [4.69, 9.17) is 10.7 Å². The van der Waals surface area contributed by atoms with Crippen LogP contribution in [0.15, 0.2) is 6.33 Å². The van der Waals surface area contributed by atoms with Crippen molar-refractivity contribution in [2.24, 2.45) is 0 Å². The fraction of sp³-hybridized carbons (Fsp3) is 0.500. The Morgan fingerprint density at radius 1 is 1.42 bits per heavy atom. The highest BCUT2D eigenvalue weighted by molar-refractivity contribution is 5.91. The minimum Gasteiger partial charge on any atom is -0.356 e. The lowest BCUT2D eigenvalue weighted by molar-refractivity contribution is 0.312. The third-order valence-electron chi connectivity index (χ3n) is 3.14. The van der Waals surface area contributed by atoms with E-state index in [0.717, 1.165) is 32.0 Å². The molecular weight excluding hydrogens is 242 g/mol. The zero-order chi connectivity index (χ0) is 13.7. The first kappa shape index (κ1) is 13.2. The van der Waals surface area contributed by atoms with E-state index in [0.29, 0.717) is 11.4 Å². The number of likely N-dealkylation sites (N-methyl/N-ethyl adjacent to an activating group) is 1. The minimum atomic E-state index is 0.167. The quantitative estimate of drug-likeness (QED) is 0.591. The first-order chi connectivity index (χ1) is 9.26. The highest BCUT2D eigenvalue weighted by Crippen LogP contribution is 2.22. The fourth-order valence-electron chi connectivity index (χ4n) is 2.05. The van der Waals surface area contributed by atoms with Crippen LogP contribution in [0.2, 0.25) is 0 Å². The van der Waals surface area contributed by atoms with Gasteiger partial charge in [0.1, 0.15) is 24.5 Å². The average Bonchev–Trinajstić information content (AvgIpc) is 2.45. The molecule has 0 saturated carbocycles. The molecule has 0 amide bonds. The minimum absolute atomic E-state index is 0.167. The second kappa shape index (κ2) is 6.11. The topological polar surface area (TPSA) is 91.9 Å². The Morgan fingerprint density at radius 3 is 2.79 bits per heavy atom. The Balaban J connectivity index is 2.24. The van der Waals surface area contributed by atoms with Crippen molar-refractivity contribution in [2.75, 3.05) is 50.0 Å². The number of nitrogens with zero attached hydrogens (tertiary/aromatic N) is 5. The third kappa shape index (κ3) is 2.98. The van der Waals surface area contributed by atoms with E-state index in [1.807, 2.05) is 6.07 Å². The lowest BCUT2D eigenvalue weighted by Crippen LogP contribution is -2.45. The Hall–Kier alpha value is -2.20. The molecule has 0 unspecified atom stereocenters. The molecule has 1 saturated heterocycles. The molecule has 2 rings (SSSR count). The van der Waals surface area contributed by atoms with Gasteiger partial charge in [0.05, 0.1) is 11.6 Å². The fourth-order valence-corrected chi connectivity index (χ4v) is 2.05. The van der Waals surface area contributed by atoms with E-state index in [2.05, 4.69) is 32.1 Å². The molecule has 1 aliphatic rings. The molecule has 0 atom stereocenters. The van der Waals surface area contributed by atoms with Crippen molar-refractivity contribution < 1.29 is 0 Å². The van der Waals surface area contributed by atoms with Gasteiger partial charge >= 0.3 is 0 Å². The molecule has 2 N–H and O–H groups in total. The van der Waals surface area contributed by atoms with Crippen molar-refractivity contribution in [1.82, 2.24) is 14.9 Å². The van der Waals surface area contributed by atoms with Crippen LogP contribution in [0.1, 0.15) is 5.56 Å². The van der Waals surface area contributed by atoms with Crippen LogP contribution in [-0.4, -0.2) is 60.9 Å². The zero-order valence-corrected chi connectivity index (χ0v) is 10.9. The van der Waals surface area contributed by atoms with Crippen LogP contribution in [0.5, 0.6) is 0 Å². The van der Waals surface area contributed by atoms with Crippen LogP contribution in [0.3, 0.4) is 0 Å². The smallest absolute Gasteiger partial charge is 0.143 e. The molecule has 0 aromatic carbocycles. The summed E-state index contributed by atoms with van der Waals surface area (Å²) in [5, 5.41) is 19.1. The second-order valence-corrected chi connectivity index (χ2v) is 4.41. The van der Waals surface area contributed by atoms with Gasteiger partial charge in [-0.15, -0.1) is 0 Å². The summed E-state index contributed by atoms with van der Waals surface area (Å²) in [6.45, 7) is 3.88. The van der Waals surface area contributed by atoms with Gasteiger partial charge in [-0.3, -0.25) is 0 Å². The largest absolute Gasteiger partial charge is 0.356 e. The van der Waals surface area contributed by atoms with Gasteiger partial charge in [0.2, 0.25) is 0 Å². The highest BCUT2D eigenvalue weighted by Gasteiger charge is 2.19. The molecule has 7 nitrogen and oxygen atoms in total. The van der Waals surface area contributed by atoms with Gasteiger partial charge in [0, 0.05) is 32.4 Å². The van der Waals surface area contributed by atoms with Crippen LogP contribution < -0.4 is 10.2 Å². The van der Waals surface area contributed by atoms with E-state index in [1.165, 1.54) is 12.5 Å². The summed E-state index contributed by atoms with van der Waals surface area (Å²) in [5.74, 6) is 1.30. The first-order valence-electron chi connectivity index (χ1n) is 6.16. The molecule has 100 valence electrons. The molecule has 1 aromatic rings. The standard InChI is InChI=1S/C12H17N7/c1-18-4-6-19(7-5-18)12-10(8-14)11(15-3-2-13)16-9-17-12/h8-9,14H,3-7H2,1H3,(H,15,16,17). The van der Waals surface area contributed by atoms with Crippen LogP contribution in [0.25, 0.3) is 0 Å². The van der Waals surface area contributed by atoms with Gasteiger partial charge in [0.15, 0.2) is 0 Å². The Bertz CT molecular complexity index is 485. The maximum Gasteiger partial charge on any atom is 0.143 e. The number of piperazine rings is 1. The Kier molecular flexibility index (Phi) is 4.26. The van der Waals surface area contributed by atoms with Gasteiger partial charge in [-0.25, -0.2) is 9.97 Å². The van der Waals surface area contributed by atoms with Crippen molar-refractivity contribution in [3.05, 3.63) is 11.9 Å². The predicted molar refractivity (Wildman–Crippen MR) is 73.7 cm³/mol. The highest BCUT2D eigenvalue weighted by atomic mass is 15.3. The first-order valence-corrected chi connectivity index (χ1v) is 6.16. The monoisotopic (exact) mass is 259 g/mol. The number of nitriles is 1. The summed E-state index contributed by atoms with van der Waals surface area (Å²) >= 11 is 0. The Labute approximate surface area is 112 Å². The SMILES string of the molecule is CN1CCN(c2ncnc(NCC#N)c2C=N)CC1. The van der Waals surface area contributed by atoms with Crippen LogP contribution >= 0.6 is 0 Å². The van der Waals surface area contributed by atoms with E-state index >= 15 is 0 Å². The average molecular weight is 259 g/mol. The molecular formula is C12H17N7. The second-order valence-electron chi connectivity index (χ2n) is 4.41. The van der Waals surface area contributed by atoms with E-state index in [-0.39, 0.29) is 6.54 Å². The summed E-state index contributed by atoms with van der Waals surface area (Å²) in [6, 6.07) is 2.01.